The lowest BCUT2D eigenvalue weighted by Crippen LogP contribution is -1.93. The molecule has 0 N–H and O–H groups in total. The van der Waals surface area contributed by atoms with Gasteiger partial charge in [-0.15, -0.1) is 0 Å². The topological polar surface area (TPSA) is 17.1 Å². The number of carbonyl (C=O) groups excluding carboxylic acids is 1. The van der Waals surface area contributed by atoms with Crippen molar-refractivity contribution in [3.63, 3.8) is 0 Å². The van der Waals surface area contributed by atoms with Crippen LogP contribution in [0, 0.1) is 12.7 Å². The van der Waals surface area contributed by atoms with E-state index in [1.165, 1.54) is 0 Å². The van der Waals surface area contributed by atoms with E-state index in [1.807, 2.05) is 6.92 Å². The summed E-state index contributed by atoms with van der Waals surface area (Å²) < 4.78 is 13.8. The molecule has 70 valence electrons. The Bertz CT molecular complexity index is 323. The average molecular weight is 245 g/mol. The molecule has 0 fully saturated rings. The molecule has 0 spiro atoms. The van der Waals surface area contributed by atoms with Gasteiger partial charge in [0.15, 0.2) is 0 Å². The monoisotopic (exact) mass is 244 g/mol. The van der Waals surface area contributed by atoms with Gasteiger partial charge in [0.25, 0.3) is 0 Å². The Morgan fingerprint density at radius 1 is 1.54 bits per heavy atom. The summed E-state index contributed by atoms with van der Waals surface area (Å²) in [5, 5.41) is 0. The first-order chi connectivity index (χ1) is 6.15. The van der Waals surface area contributed by atoms with Gasteiger partial charge < -0.3 is 4.79 Å². The molecule has 0 aliphatic rings. The third kappa shape index (κ3) is 2.62. The van der Waals surface area contributed by atoms with Crippen molar-refractivity contribution < 1.29 is 9.18 Å². The zero-order valence-electron chi connectivity index (χ0n) is 7.31. The minimum Gasteiger partial charge on any atom is -0.303 e. The van der Waals surface area contributed by atoms with Gasteiger partial charge in [0.2, 0.25) is 0 Å². The maximum absolute atomic E-state index is 13.3. The van der Waals surface area contributed by atoms with Gasteiger partial charge in [-0.3, -0.25) is 0 Å². The summed E-state index contributed by atoms with van der Waals surface area (Å²) in [6.45, 7) is 1.90. The van der Waals surface area contributed by atoms with Crippen LogP contribution in [0.5, 0.6) is 0 Å². The van der Waals surface area contributed by atoms with E-state index in [0.717, 1.165) is 11.8 Å². The molecule has 0 unspecified atom stereocenters. The summed E-state index contributed by atoms with van der Waals surface area (Å²) in [6.07, 6.45) is 1.64. The van der Waals surface area contributed by atoms with E-state index in [1.54, 1.807) is 12.1 Å². The Hall–Kier alpha value is -0.700. The standard InChI is InChI=1S/C10H10BrFO/c1-7-5-8(3-2-4-13)10(12)9(11)6-7/h4-6H,2-3H2,1H3. The highest BCUT2D eigenvalue weighted by Crippen LogP contribution is 2.21. The molecule has 0 amide bonds. The second-order valence-corrected chi connectivity index (χ2v) is 3.78. The molecular weight excluding hydrogens is 235 g/mol. The molecule has 0 aliphatic carbocycles. The second-order valence-electron chi connectivity index (χ2n) is 2.93. The summed E-state index contributed by atoms with van der Waals surface area (Å²) in [5.41, 5.74) is 1.59. The van der Waals surface area contributed by atoms with Crippen LogP contribution < -0.4 is 0 Å². The number of aldehydes is 1. The van der Waals surface area contributed by atoms with Gasteiger partial charge in [0, 0.05) is 6.42 Å². The Morgan fingerprint density at radius 3 is 2.85 bits per heavy atom. The smallest absolute Gasteiger partial charge is 0.140 e. The molecule has 0 saturated carbocycles. The Labute approximate surface area is 85.1 Å². The first kappa shape index (κ1) is 10.4. The second kappa shape index (κ2) is 4.51. The van der Waals surface area contributed by atoms with E-state index in [-0.39, 0.29) is 5.82 Å². The molecule has 1 nitrogen and oxygen atoms in total. The number of hydrogen-bond donors (Lipinski definition) is 0. The van der Waals surface area contributed by atoms with Gasteiger partial charge in [-0.1, -0.05) is 6.07 Å². The first-order valence-electron chi connectivity index (χ1n) is 4.03. The average Bonchev–Trinajstić information content (AvgIpc) is 2.09. The third-order valence-corrected chi connectivity index (χ3v) is 2.36. The summed E-state index contributed by atoms with van der Waals surface area (Å²) in [7, 11) is 0. The first-order valence-corrected chi connectivity index (χ1v) is 4.82. The highest BCUT2D eigenvalue weighted by Gasteiger charge is 2.06. The van der Waals surface area contributed by atoms with Crippen LogP contribution >= 0.6 is 15.9 Å². The van der Waals surface area contributed by atoms with Crippen molar-refractivity contribution in [2.75, 3.05) is 0 Å². The molecule has 0 aliphatic heterocycles. The molecule has 1 aromatic carbocycles. The lowest BCUT2D eigenvalue weighted by molar-refractivity contribution is -0.107. The van der Waals surface area contributed by atoms with Gasteiger partial charge in [0.05, 0.1) is 4.47 Å². The third-order valence-electron chi connectivity index (χ3n) is 1.78. The predicted octanol–water partition coefficient (Wildman–Crippen LogP) is 3.03. The van der Waals surface area contributed by atoms with Crippen molar-refractivity contribution in [3.8, 4) is 0 Å². The number of rotatable bonds is 3. The lowest BCUT2D eigenvalue weighted by atomic mass is 10.1. The normalized spacial score (nSPS) is 10.1. The van der Waals surface area contributed by atoms with Crippen LogP contribution in [-0.4, -0.2) is 6.29 Å². The van der Waals surface area contributed by atoms with Crippen molar-refractivity contribution in [2.45, 2.75) is 19.8 Å². The van der Waals surface area contributed by atoms with Crippen LogP contribution in [0.1, 0.15) is 17.5 Å². The maximum atomic E-state index is 13.3. The van der Waals surface area contributed by atoms with Crippen LogP contribution in [0.2, 0.25) is 0 Å². The number of carbonyl (C=O) groups is 1. The minimum atomic E-state index is -0.257. The molecule has 0 aromatic heterocycles. The molecule has 0 bridgehead atoms. The molecule has 0 heterocycles. The van der Waals surface area contributed by atoms with Gasteiger partial charge in [-0.05, 0) is 46.5 Å². The van der Waals surface area contributed by atoms with Crippen LogP contribution in [0.4, 0.5) is 4.39 Å². The summed E-state index contributed by atoms with van der Waals surface area (Å²) >= 11 is 3.13. The lowest BCUT2D eigenvalue weighted by Gasteiger charge is -2.04. The van der Waals surface area contributed by atoms with Crippen molar-refractivity contribution in [3.05, 3.63) is 33.5 Å². The van der Waals surface area contributed by atoms with E-state index in [9.17, 15) is 9.18 Å². The molecule has 0 radical (unpaired) electrons. The van der Waals surface area contributed by atoms with Gasteiger partial charge >= 0.3 is 0 Å². The zero-order valence-corrected chi connectivity index (χ0v) is 8.90. The largest absolute Gasteiger partial charge is 0.303 e. The molecule has 1 rings (SSSR count). The highest BCUT2D eigenvalue weighted by molar-refractivity contribution is 9.10. The van der Waals surface area contributed by atoms with Crippen LogP contribution in [0.15, 0.2) is 16.6 Å². The SMILES string of the molecule is Cc1cc(Br)c(F)c(CCC=O)c1. The predicted molar refractivity (Wildman–Crippen MR) is 53.2 cm³/mol. The number of aryl methyl sites for hydroxylation is 2. The van der Waals surface area contributed by atoms with Crippen molar-refractivity contribution in [1.29, 1.82) is 0 Å². The van der Waals surface area contributed by atoms with E-state index in [0.29, 0.717) is 22.9 Å². The zero-order chi connectivity index (χ0) is 9.84. The van der Waals surface area contributed by atoms with Crippen LogP contribution in [0.3, 0.4) is 0 Å². The van der Waals surface area contributed by atoms with Gasteiger partial charge in [0.1, 0.15) is 12.1 Å². The molecule has 0 atom stereocenters. The van der Waals surface area contributed by atoms with Gasteiger partial charge in [-0.2, -0.15) is 0 Å². The fourth-order valence-corrected chi connectivity index (χ4v) is 1.81. The number of hydrogen-bond acceptors (Lipinski definition) is 1. The minimum absolute atomic E-state index is 0.257. The molecular formula is C10H10BrFO. The summed E-state index contributed by atoms with van der Waals surface area (Å²) in [4.78, 5) is 10.1. The fourth-order valence-electron chi connectivity index (χ4n) is 1.19. The van der Waals surface area contributed by atoms with E-state index >= 15 is 0 Å². The van der Waals surface area contributed by atoms with E-state index in [4.69, 9.17) is 0 Å². The molecule has 13 heavy (non-hydrogen) atoms. The quantitative estimate of drug-likeness (QED) is 0.748. The Balaban J connectivity index is 2.98. The van der Waals surface area contributed by atoms with Crippen molar-refractivity contribution in [2.24, 2.45) is 0 Å². The maximum Gasteiger partial charge on any atom is 0.140 e. The molecule has 0 saturated heterocycles. The van der Waals surface area contributed by atoms with E-state index < -0.39 is 0 Å². The van der Waals surface area contributed by atoms with Crippen molar-refractivity contribution >= 4 is 22.2 Å². The van der Waals surface area contributed by atoms with Crippen LogP contribution in [-0.2, 0) is 11.2 Å². The van der Waals surface area contributed by atoms with Crippen LogP contribution in [0.25, 0.3) is 0 Å². The Morgan fingerprint density at radius 2 is 2.23 bits per heavy atom. The van der Waals surface area contributed by atoms with E-state index in [2.05, 4.69) is 15.9 Å². The highest BCUT2D eigenvalue weighted by atomic mass is 79.9. The summed E-state index contributed by atoms with van der Waals surface area (Å²) in [5.74, 6) is -0.257. The molecule has 1 aromatic rings. The van der Waals surface area contributed by atoms with Gasteiger partial charge in [-0.25, -0.2) is 4.39 Å². The number of benzene rings is 1. The Kier molecular flexibility index (Phi) is 3.60. The fraction of sp³-hybridized carbons (Fsp3) is 0.300. The number of halogens is 2. The summed E-state index contributed by atoms with van der Waals surface area (Å²) in [6, 6.07) is 3.49. The van der Waals surface area contributed by atoms with Crippen molar-refractivity contribution in [1.82, 2.24) is 0 Å². The molecule has 3 heteroatoms.